The Morgan fingerprint density at radius 3 is 2.38 bits per heavy atom. The fourth-order valence-electron chi connectivity index (χ4n) is 2.21. The van der Waals surface area contributed by atoms with E-state index in [1.165, 1.54) is 0 Å². The van der Waals surface area contributed by atoms with Gasteiger partial charge in [-0.15, -0.1) is 0 Å². The molecule has 6 heteroatoms. The van der Waals surface area contributed by atoms with Gasteiger partial charge in [0.2, 0.25) is 5.95 Å². The van der Waals surface area contributed by atoms with Crippen molar-refractivity contribution in [2.75, 3.05) is 44.7 Å². The second-order valence-electron chi connectivity index (χ2n) is 6.12. The summed E-state index contributed by atoms with van der Waals surface area (Å²) in [4.78, 5) is 13.4. The molecule has 0 aromatic carbocycles. The zero-order valence-electron chi connectivity index (χ0n) is 13.3. The first-order valence-electron chi connectivity index (χ1n) is 7.69. The van der Waals surface area contributed by atoms with Crippen LogP contribution < -0.4 is 10.2 Å². The molecule has 21 heavy (non-hydrogen) atoms. The first-order chi connectivity index (χ1) is 10.1. The number of hydrogen-bond acceptors (Lipinski definition) is 6. The van der Waals surface area contributed by atoms with Crippen LogP contribution >= 0.6 is 0 Å². The standard InChI is InChI=1S/C15H27N5O/c1-12(2)14(21)11-16-8-13-9-17-15(18-10-13)20-6-4-19(3)5-7-20/h9-10,12,14,16,21H,4-8,11H2,1-3H3. The summed E-state index contributed by atoms with van der Waals surface area (Å²) < 4.78 is 0. The molecule has 1 aliphatic rings. The summed E-state index contributed by atoms with van der Waals surface area (Å²) in [6.45, 7) is 9.38. The van der Waals surface area contributed by atoms with Crippen molar-refractivity contribution in [2.24, 2.45) is 5.92 Å². The number of aliphatic hydroxyl groups is 1. The Morgan fingerprint density at radius 2 is 1.81 bits per heavy atom. The van der Waals surface area contributed by atoms with E-state index in [9.17, 15) is 5.11 Å². The fraction of sp³-hybridized carbons (Fsp3) is 0.733. The van der Waals surface area contributed by atoms with Crippen molar-refractivity contribution in [1.82, 2.24) is 20.2 Å². The molecule has 1 atom stereocenters. The molecular weight excluding hydrogens is 266 g/mol. The highest BCUT2D eigenvalue weighted by molar-refractivity contribution is 5.30. The van der Waals surface area contributed by atoms with Crippen LogP contribution in [0.25, 0.3) is 0 Å². The van der Waals surface area contributed by atoms with Crippen LogP contribution in [0.3, 0.4) is 0 Å². The minimum Gasteiger partial charge on any atom is -0.392 e. The SMILES string of the molecule is CC(C)C(O)CNCc1cnc(N2CCN(C)CC2)nc1. The topological polar surface area (TPSA) is 64.5 Å². The summed E-state index contributed by atoms with van der Waals surface area (Å²) in [6, 6.07) is 0. The Balaban J connectivity index is 1.79. The lowest BCUT2D eigenvalue weighted by Crippen LogP contribution is -2.45. The number of piperazine rings is 1. The second-order valence-corrected chi connectivity index (χ2v) is 6.12. The van der Waals surface area contributed by atoms with E-state index in [0.29, 0.717) is 13.1 Å². The van der Waals surface area contributed by atoms with Gasteiger partial charge in [0.05, 0.1) is 6.10 Å². The molecule has 0 amide bonds. The van der Waals surface area contributed by atoms with Crippen LogP contribution in [0.2, 0.25) is 0 Å². The zero-order chi connectivity index (χ0) is 15.2. The highest BCUT2D eigenvalue weighted by atomic mass is 16.3. The third-order valence-corrected chi connectivity index (χ3v) is 3.93. The highest BCUT2D eigenvalue weighted by Crippen LogP contribution is 2.10. The van der Waals surface area contributed by atoms with Crippen LogP contribution in [0.1, 0.15) is 19.4 Å². The molecule has 2 heterocycles. The van der Waals surface area contributed by atoms with Crippen LogP contribution in [-0.4, -0.2) is 65.8 Å². The van der Waals surface area contributed by atoms with Crippen LogP contribution in [-0.2, 0) is 6.54 Å². The van der Waals surface area contributed by atoms with Crippen molar-refractivity contribution in [1.29, 1.82) is 0 Å². The predicted octanol–water partition coefficient (Wildman–Crippen LogP) is 0.335. The Labute approximate surface area is 127 Å². The van der Waals surface area contributed by atoms with E-state index in [1.807, 2.05) is 26.2 Å². The van der Waals surface area contributed by atoms with Gasteiger partial charge in [-0.2, -0.15) is 0 Å². The average molecular weight is 293 g/mol. The average Bonchev–Trinajstić information content (AvgIpc) is 2.48. The van der Waals surface area contributed by atoms with Gasteiger partial charge in [0, 0.05) is 57.2 Å². The molecule has 1 fully saturated rings. The van der Waals surface area contributed by atoms with Gasteiger partial charge in [0.15, 0.2) is 0 Å². The van der Waals surface area contributed by atoms with Crippen molar-refractivity contribution in [3.63, 3.8) is 0 Å². The summed E-state index contributed by atoms with van der Waals surface area (Å²) in [6.07, 6.45) is 3.43. The molecule has 1 aromatic heterocycles. The molecule has 1 unspecified atom stereocenters. The molecule has 118 valence electrons. The van der Waals surface area contributed by atoms with E-state index < -0.39 is 0 Å². The number of hydrogen-bond donors (Lipinski definition) is 2. The molecule has 0 aliphatic carbocycles. The number of rotatable bonds is 6. The molecule has 0 radical (unpaired) electrons. The Kier molecular flexibility index (Phi) is 5.90. The third-order valence-electron chi connectivity index (χ3n) is 3.93. The van der Waals surface area contributed by atoms with Crippen molar-refractivity contribution < 1.29 is 5.11 Å². The van der Waals surface area contributed by atoms with Gasteiger partial charge in [-0.3, -0.25) is 0 Å². The number of likely N-dealkylation sites (N-methyl/N-ethyl adjacent to an activating group) is 1. The molecule has 0 spiro atoms. The summed E-state index contributed by atoms with van der Waals surface area (Å²) in [5.41, 5.74) is 1.05. The Bertz CT molecular complexity index is 415. The molecule has 2 N–H and O–H groups in total. The minimum atomic E-state index is -0.310. The molecular formula is C15H27N5O. The van der Waals surface area contributed by atoms with Crippen molar-refractivity contribution in [2.45, 2.75) is 26.5 Å². The summed E-state index contributed by atoms with van der Waals surface area (Å²) in [7, 11) is 2.14. The molecule has 1 aliphatic heterocycles. The summed E-state index contributed by atoms with van der Waals surface area (Å²) in [5.74, 6) is 1.09. The van der Waals surface area contributed by atoms with Crippen molar-refractivity contribution >= 4 is 5.95 Å². The van der Waals surface area contributed by atoms with Crippen LogP contribution in [0.4, 0.5) is 5.95 Å². The van der Waals surface area contributed by atoms with E-state index in [4.69, 9.17) is 0 Å². The van der Waals surface area contributed by atoms with Gasteiger partial charge >= 0.3 is 0 Å². The van der Waals surface area contributed by atoms with Gasteiger partial charge < -0.3 is 20.2 Å². The smallest absolute Gasteiger partial charge is 0.225 e. The minimum absolute atomic E-state index is 0.272. The predicted molar refractivity (Wildman–Crippen MR) is 84.3 cm³/mol. The molecule has 0 bridgehead atoms. The number of nitrogens with zero attached hydrogens (tertiary/aromatic N) is 4. The largest absolute Gasteiger partial charge is 0.392 e. The number of aliphatic hydroxyl groups excluding tert-OH is 1. The maximum Gasteiger partial charge on any atom is 0.225 e. The highest BCUT2D eigenvalue weighted by Gasteiger charge is 2.16. The third kappa shape index (κ3) is 4.91. The van der Waals surface area contributed by atoms with Crippen LogP contribution in [0.5, 0.6) is 0 Å². The van der Waals surface area contributed by atoms with Gasteiger partial charge in [-0.25, -0.2) is 9.97 Å². The molecule has 1 aromatic rings. The van der Waals surface area contributed by atoms with Gasteiger partial charge in [-0.1, -0.05) is 13.8 Å². The van der Waals surface area contributed by atoms with E-state index in [-0.39, 0.29) is 12.0 Å². The molecule has 1 saturated heterocycles. The summed E-state index contributed by atoms with van der Waals surface area (Å²) in [5, 5.41) is 13.0. The fourth-order valence-corrected chi connectivity index (χ4v) is 2.21. The molecule has 0 saturated carbocycles. The Hall–Kier alpha value is -1.24. The number of nitrogens with one attached hydrogen (secondary N) is 1. The normalized spacial score (nSPS) is 18.2. The Morgan fingerprint density at radius 1 is 1.19 bits per heavy atom. The van der Waals surface area contributed by atoms with Gasteiger partial charge in [0.1, 0.15) is 0 Å². The zero-order valence-corrected chi connectivity index (χ0v) is 13.3. The van der Waals surface area contributed by atoms with E-state index in [2.05, 4.69) is 32.1 Å². The maximum absolute atomic E-state index is 9.74. The quantitative estimate of drug-likeness (QED) is 0.788. The first-order valence-corrected chi connectivity index (χ1v) is 7.69. The second kappa shape index (κ2) is 7.68. The lowest BCUT2D eigenvalue weighted by molar-refractivity contribution is 0.123. The van der Waals surface area contributed by atoms with Crippen LogP contribution in [0, 0.1) is 5.92 Å². The van der Waals surface area contributed by atoms with Crippen molar-refractivity contribution in [3.8, 4) is 0 Å². The molecule has 6 nitrogen and oxygen atoms in total. The molecule has 2 rings (SSSR count). The summed E-state index contributed by atoms with van der Waals surface area (Å²) >= 11 is 0. The maximum atomic E-state index is 9.74. The van der Waals surface area contributed by atoms with E-state index in [1.54, 1.807) is 0 Å². The number of anilines is 1. The van der Waals surface area contributed by atoms with E-state index >= 15 is 0 Å². The van der Waals surface area contributed by atoms with Crippen molar-refractivity contribution in [3.05, 3.63) is 18.0 Å². The van der Waals surface area contributed by atoms with Gasteiger partial charge in [0.25, 0.3) is 0 Å². The number of aromatic nitrogens is 2. The monoisotopic (exact) mass is 293 g/mol. The lowest BCUT2D eigenvalue weighted by atomic mass is 10.1. The van der Waals surface area contributed by atoms with Crippen LogP contribution in [0.15, 0.2) is 12.4 Å². The van der Waals surface area contributed by atoms with E-state index in [0.717, 1.165) is 37.7 Å². The first kappa shape index (κ1) is 16.1. The van der Waals surface area contributed by atoms with Gasteiger partial charge in [-0.05, 0) is 13.0 Å². The lowest BCUT2D eigenvalue weighted by Gasteiger charge is -2.32.